The van der Waals surface area contributed by atoms with E-state index in [-0.39, 0.29) is 18.4 Å². The molecule has 3 heterocycles. The molecule has 2 amide bonds. The summed E-state index contributed by atoms with van der Waals surface area (Å²) in [5.74, 6) is -0.392. The minimum Gasteiger partial charge on any atom is -0.341 e. The molecule has 2 fully saturated rings. The molecule has 1 N–H and O–H groups in total. The standard InChI is InChI=1S/C17H22BrN3O4S2/c18-15-6-5-13(26-15)7-11-27(24,25)19-14-4-3-10-21(17(14)23)12-16(22)20-8-1-2-9-20/h5-7,11,14,19H,1-4,8-10,12H2/b11-7+. The molecule has 0 radical (unpaired) electrons. The van der Waals surface area contributed by atoms with Crippen LogP contribution in [0.5, 0.6) is 0 Å². The average Bonchev–Trinajstić information content (AvgIpc) is 3.28. The van der Waals surface area contributed by atoms with Gasteiger partial charge in [-0.2, -0.15) is 4.72 Å². The highest BCUT2D eigenvalue weighted by atomic mass is 79.9. The first-order valence-corrected chi connectivity index (χ1v) is 12.0. The molecule has 148 valence electrons. The molecule has 0 saturated carbocycles. The molecule has 3 rings (SSSR count). The van der Waals surface area contributed by atoms with E-state index in [1.165, 1.54) is 22.3 Å². The van der Waals surface area contributed by atoms with E-state index in [9.17, 15) is 18.0 Å². The summed E-state index contributed by atoms with van der Waals surface area (Å²) >= 11 is 4.74. The van der Waals surface area contributed by atoms with Crippen LogP contribution in [0.2, 0.25) is 0 Å². The smallest absolute Gasteiger partial charge is 0.242 e. The maximum absolute atomic E-state index is 12.6. The van der Waals surface area contributed by atoms with Gasteiger partial charge in [0.2, 0.25) is 21.8 Å². The molecule has 0 aromatic carbocycles. The predicted octanol–water partition coefficient (Wildman–Crippen LogP) is 2.01. The van der Waals surface area contributed by atoms with Gasteiger partial charge in [-0.25, -0.2) is 8.42 Å². The lowest BCUT2D eigenvalue weighted by molar-refractivity contribution is -0.142. The van der Waals surface area contributed by atoms with Crippen LogP contribution in [-0.2, 0) is 19.6 Å². The minimum atomic E-state index is -3.75. The Labute approximate surface area is 171 Å². The lowest BCUT2D eigenvalue weighted by Crippen LogP contribution is -2.54. The maximum atomic E-state index is 12.6. The highest BCUT2D eigenvalue weighted by Crippen LogP contribution is 2.23. The summed E-state index contributed by atoms with van der Waals surface area (Å²) in [4.78, 5) is 29.0. The van der Waals surface area contributed by atoms with Gasteiger partial charge in [0.25, 0.3) is 0 Å². The Kier molecular flexibility index (Phi) is 6.72. The van der Waals surface area contributed by atoms with E-state index >= 15 is 0 Å². The fraction of sp³-hybridized carbons (Fsp3) is 0.529. The first-order chi connectivity index (χ1) is 12.8. The second-order valence-corrected chi connectivity index (χ2v) is 10.7. The second-order valence-electron chi connectivity index (χ2n) is 6.65. The van der Waals surface area contributed by atoms with Gasteiger partial charge in [0, 0.05) is 29.9 Å². The minimum absolute atomic E-state index is 0.0239. The molecular formula is C17H22BrN3O4S2. The number of carbonyl (C=O) groups excluding carboxylic acids is 2. The van der Waals surface area contributed by atoms with E-state index in [2.05, 4.69) is 20.7 Å². The first kappa shape index (κ1) is 20.5. The predicted molar refractivity (Wildman–Crippen MR) is 109 cm³/mol. The second kappa shape index (κ2) is 8.85. The van der Waals surface area contributed by atoms with E-state index in [1.807, 2.05) is 6.07 Å². The molecule has 0 bridgehead atoms. The number of carbonyl (C=O) groups is 2. The fourth-order valence-corrected chi connectivity index (χ4v) is 5.68. The number of hydrogen-bond acceptors (Lipinski definition) is 5. The summed E-state index contributed by atoms with van der Waals surface area (Å²) in [7, 11) is -3.75. The number of likely N-dealkylation sites (tertiary alicyclic amines) is 2. The summed E-state index contributed by atoms with van der Waals surface area (Å²) in [6, 6.07) is 2.82. The number of rotatable bonds is 6. The Morgan fingerprint density at radius 2 is 2.00 bits per heavy atom. The molecule has 2 aliphatic rings. The molecule has 2 aliphatic heterocycles. The molecule has 1 aromatic rings. The highest BCUT2D eigenvalue weighted by Gasteiger charge is 2.33. The van der Waals surface area contributed by atoms with E-state index < -0.39 is 16.1 Å². The number of hydrogen-bond donors (Lipinski definition) is 1. The number of amides is 2. The SMILES string of the molecule is O=C(CN1CCCC(NS(=O)(=O)/C=C/c2ccc(Br)s2)C1=O)N1CCCC1. The van der Waals surface area contributed by atoms with Crippen LogP contribution < -0.4 is 4.72 Å². The van der Waals surface area contributed by atoms with Crippen LogP contribution >= 0.6 is 27.3 Å². The van der Waals surface area contributed by atoms with Crippen molar-refractivity contribution >= 4 is 55.2 Å². The molecular weight excluding hydrogens is 454 g/mol. The van der Waals surface area contributed by atoms with E-state index in [1.54, 1.807) is 11.0 Å². The van der Waals surface area contributed by atoms with Gasteiger partial charge >= 0.3 is 0 Å². The molecule has 1 atom stereocenters. The number of piperidine rings is 1. The van der Waals surface area contributed by atoms with Gasteiger partial charge in [0.05, 0.1) is 10.3 Å². The lowest BCUT2D eigenvalue weighted by Gasteiger charge is -2.32. The van der Waals surface area contributed by atoms with Crippen LogP contribution in [0.25, 0.3) is 6.08 Å². The summed E-state index contributed by atoms with van der Waals surface area (Å²) in [6.07, 6.45) is 4.59. The van der Waals surface area contributed by atoms with Crippen molar-refractivity contribution in [3.8, 4) is 0 Å². The van der Waals surface area contributed by atoms with E-state index in [0.717, 1.165) is 40.0 Å². The van der Waals surface area contributed by atoms with Gasteiger partial charge in [-0.3, -0.25) is 9.59 Å². The zero-order chi connectivity index (χ0) is 19.4. The molecule has 1 aromatic heterocycles. The van der Waals surface area contributed by atoms with E-state index in [4.69, 9.17) is 0 Å². The number of sulfonamides is 1. The van der Waals surface area contributed by atoms with Gasteiger partial charge < -0.3 is 9.80 Å². The van der Waals surface area contributed by atoms with E-state index in [0.29, 0.717) is 19.4 Å². The third kappa shape index (κ3) is 5.63. The Morgan fingerprint density at radius 1 is 1.26 bits per heavy atom. The fourth-order valence-electron chi connectivity index (χ4n) is 3.25. The Morgan fingerprint density at radius 3 is 2.67 bits per heavy atom. The van der Waals surface area contributed by atoms with Crippen LogP contribution in [0, 0.1) is 0 Å². The van der Waals surface area contributed by atoms with Crippen molar-refractivity contribution in [3.05, 3.63) is 26.2 Å². The number of halogens is 1. The maximum Gasteiger partial charge on any atom is 0.242 e. The third-order valence-electron chi connectivity index (χ3n) is 4.63. The summed E-state index contributed by atoms with van der Waals surface area (Å²) in [5.41, 5.74) is 0. The first-order valence-electron chi connectivity index (χ1n) is 8.86. The molecule has 7 nitrogen and oxygen atoms in total. The van der Waals surface area contributed by atoms with Crippen molar-refractivity contribution < 1.29 is 18.0 Å². The van der Waals surface area contributed by atoms with Crippen LogP contribution in [0.3, 0.4) is 0 Å². The molecule has 0 spiro atoms. The molecule has 0 aliphatic carbocycles. The quantitative estimate of drug-likeness (QED) is 0.681. The number of nitrogens with zero attached hydrogens (tertiary/aromatic N) is 2. The zero-order valence-electron chi connectivity index (χ0n) is 14.8. The van der Waals surface area contributed by atoms with Crippen molar-refractivity contribution in [1.82, 2.24) is 14.5 Å². The monoisotopic (exact) mass is 475 g/mol. The Bertz CT molecular complexity index is 831. The molecule has 2 saturated heterocycles. The van der Waals surface area contributed by atoms with Crippen molar-refractivity contribution in [2.75, 3.05) is 26.2 Å². The van der Waals surface area contributed by atoms with Crippen molar-refractivity contribution in [1.29, 1.82) is 0 Å². The zero-order valence-corrected chi connectivity index (χ0v) is 18.0. The molecule has 1 unspecified atom stereocenters. The van der Waals surface area contributed by atoms with Gasteiger partial charge in [-0.15, -0.1) is 11.3 Å². The van der Waals surface area contributed by atoms with Crippen molar-refractivity contribution in [3.63, 3.8) is 0 Å². The molecule has 27 heavy (non-hydrogen) atoms. The van der Waals surface area contributed by atoms with Crippen molar-refractivity contribution in [2.45, 2.75) is 31.7 Å². The Balaban J connectivity index is 1.59. The van der Waals surface area contributed by atoms with Crippen molar-refractivity contribution in [2.24, 2.45) is 0 Å². The van der Waals surface area contributed by atoms with Crippen LogP contribution in [0.4, 0.5) is 0 Å². The topological polar surface area (TPSA) is 86.8 Å². The molecule has 10 heteroatoms. The lowest BCUT2D eigenvalue weighted by atomic mass is 10.1. The summed E-state index contributed by atoms with van der Waals surface area (Å²) in [6.45, 7) is 1.98. The Hall–Kier alpha value is -1.23. The van der Waals surface area contributed by atoms with Crippen LogP contribution in [-0.4, -0.2) is 62.3 Å². The normalized spacial score (nSPS) is 21.4. The number of thiophene rings is 1. The van der Waals surface area contributed by atoms with Crippen LogP contribution in [0.15, 0.2) is 21.3 Å². The number of nitrogens with one attached hydrogen (secondary N) is 1. The van der Waals surface area contributed by atoms with Gasteiger partial charge in [-0.05, 0) is 59.8 Å². The average molecular weight is 476 g/mol. The third-order valence-corrected chi connectivity index (χ3v) is 7.32. The summed E-state index contributed by atoms with van der Waals surface area (Å²) < 4.78 is 28.0. The van der Waals surface area contributed by atoms with Gasteiger partial charge in [0.15, 0.2) is 0 Å². The summed E-state index contributed by atoms with van der Waals surface area (Å²) in [5, 5.41) is 1.08. The highest BCUT2D eigenvalue weighted by molar-refractivity contribution is 9.11. The largest absolute Gasteiger partial charge is 0.341 e. The van der Waals surface area contributed by atoms with Crippen LogP contribution in [0.1, 0.15) is 30.6 Å². The van der Waals surface area contributed by atoms with Gasteiger partial charge in [-0.1, -0.05) is 0 Å². The van der Waals surface area contributed by atoms with Gasteiger partial charge in [0.1, 0.15) is 6.04 Å².